The van der Waals surface area contributed by atoms with Gasteiger partial charge in [0.2, 0.25) is 5.75 Å². The summed E-state index contributed by atoms with van der Waals surface area (Å²) in [5.74, 6) is 1.83. The van der Waals surface area contributed by atoms with Crippen molar-refractivity contribution in [3.8, 4) is 28.4 Å². The molecule has 7 heteroatoms. The van der Waals surface area contributed by atoms with Crippen molar-refractivity contribution in [1.82, 2.24) is 4.90 Å². The van der Waals surface area contributed by atoms with Crippen molar-refractivity contribution in [1.29, 1.82) is 0 Å². The molecule has 0 spiro atoms. The van der Waals surface area contributed by atoms with Crippen molar-refractivity contribution in [2.24, 2.45) is 0 Å². The minimum atomic E-state index is -0.493. The highest BCUT2D eigenvalue weighted by atomic mass is 16.6. The molecule has 0 radical (unpaired) electrons. The molecule has 208 valence electrons. The Morgan fingerprint density at radius 3 is 2.05 bits per heavy atom. The number of rotatable bonds is 8. The molecular weight excluding hydrogens is 492 g/mol. The van der Waals surface area contributed by atoms with Crippen LogP contribution in [0.3, 0.4) is 0 Å². The second-order valence-corrected chi connectivity index (χ2v) is 10.8. The van der Waals surface area contributed by atoms with Crippen molar-refractivity contribution in [2.45, 2.75) is 51.8 Å². The number of para-hydroxylation sites is 1. The van der Waals surface area contributed by atoms with Gasteiger partial charge in [0.05, 0.1) is 21.3 Å². The highest BCUT2D eigenvalue weighted by molar-refractivity contribution is 5.72. The second-order valence-electron chi connectivity index (χ2n) is 10.8. The van der Waals surface area contributed by atoms with Crippen molar-refractivity contribution in [3.05, 3.63) is 72.3 Å². The first-order valence-electron chi connectivity index (χ1n) is 13.4. The zero-order valence-electron chi connectivity index (χ0n) is 23.9. The van der Waals surface area contributed by atoms with Crippen molar-refractivity contribution in [2.75, 3.05) is 39.3 Å². The highest BCUT2D eigenvalue weighted by Crippen LogP contribution is 2.41. The summed E-state index contributed by atoms with van der Waals surface area (Å²) in [6, 6.07) is 23.3. The maximum atomic E-state index is 12.6. The summed E-state index contributed by atoms with van der Waals surface area (Å²) in [5.41, 5.74) is 3.93. The average molecular weight is 533 g/mol. The van der Waals surface area contributed by atoms with Gasteiger partial charge in [-0.3, -0.25) is 0 Å². The van der Waals surface area contributed by atoms with Gasteiger partial charge in [0.15, 0.2) is 11.5 Å². The molecule has 1 fully saturated rings. The Balaban J connectivity index is 1.57. The molecule has 39 heavy (non-hydrogen) atoms. The fraction of sp³-hybridized carbons (Fsp3) is 0.406. The zero-order valence-corrected chi connectivity index (χ0v) is 23.9. The lowest BCUT2D eigenvalue weighted by atomic mass is 9.99. The van der Waals surface area contributed by atoms with E-state index in [1.54, 1.807) is 21.3 Å². The number of anilines is 1. The molecule has 0 atom stereocenters. The van der Waals surface area contributed by atoms with Crippen LogP contribution in [0.15, 0.2) is 66.7 Å². The monoisotopic (exact) mass is 532 g/mol. The molecule has 1 aliphatic rings. The first kappa shape index (κ1) is 28.1. The minimum absolute atomic E-state index is 0.231. The first-order chi connectivity index (χ1) is 18.7. The Bertz CT molecular complexity index is 1220. The quantitative estimate of drug-likeness (QED) is 0.319. The van der Waals surface area contributed by atoms with Gasteiger partial charge in [0, 0.05) is 31.4 Å². The topological polar surface area (TPSA) is 60.5 Å². The SMILES string of the molecule is COc1cc(-c2cccc(CN(c3ccccc3)C3CCN(C(=O)OC(C)(C)C)CC3)c2)cc(OC)c1OC. The molecule has 0 aromatic heterocycles. The Kier molecular flexibility index (Phi) is 8.90. The smallest absolute Gasteiger partial charge is 0.410 e. The van der Waals surface area contributed by atoms with Crippen LogP contribution in [-0.2, 0) is 11.3 Å². The van der Waals surface area contributed by atoms with Crippen LogP contribution in [0.25, 0.3) is 11.1 Å². The number of hydrogen-bond donors (Lipinski definition) is 0. The molecule has 1 heterocycles. The van der Waals surface area contributed by atoms with Gasteiger partial charge in [-0.2, -0.15) is 0 Å². The molecule has 0 unspecified atom stereocenters. The number of ether oxygens (including phenoxy) is 4. The Hall–Kier alpha value is -3.87. The first-order valence-corrected chi connectivity index (χ1v) is 13.4. The fourth-order valence-corrected chi connectivity index (χ4v) is 5.03. The number of benzene rings is 3. The number of piperidine rings is 1. The van der Waals surface area contributed by atoms with Crippen LogP contribution >= 0.6 is 0 Å². The van der Waals surface area contributed by atoms with Crippen LogP contribution in [0.1, 0.15) is 39.2 Å². The van der Waals surface area contributed by atoms with Crippen LogP contribution in [0.4, 0.5) is 10.5 Å². The number of carbonyl (C=O) groups is 1. The van der Waals surface area contributed by atoms with Gasteiger partial charge in [-0.25, -0.2) is 4.79 Å². The Labute approximate surface area is 232 Å². The lowest BCUT2D eigenvalue weighted by molar-refractivity contribution is 0.0204. The average Bonchev–Trinajstić information content (AvgIpc) is 2.95. The number of nitrogens with zero attached hydrogens (tertiary/aromatic N) is 2. The molecular formula is C32H40N2O5. The number of carbonyl (C=O) groups excluding carboxylic acids is 1. The van der Waals surface area contributed by atoms with Crippen molar-refractivity contribution < 1.29 is 23.7 Å². The molecule has 3 aromatic rings. The van der Waals surface area contributed by atoms with E-state index < -0.39 is 5.60 Å². The molecule has 3 aromatic carbocycles. The summed E-state index contributed by atoms with van der Waals surface area (Å²) in [5, 5.41) is 0. The van der Waals surface area contributed by atoms with E-state index in [0.29, 0.717) is 36.4 Å². The van der Waals surface area contributed by atoms with E-state index in [4.69, 9.17) is 18.9 Å². The highest BCUT2D eigenvalue weighted by Gasteiger charge is 2.30. The number of methoxy groups -OCH3 is 3. The van der Waals surface area contributed by atoms with Gasteiger partial charge in [-0.1, -0.05) is 36.4 Å². The minimum Gasteiger partial charge on any atom is -0.493 e. The lowest BCUT2D eigenvalue weighted by Gasteiger charge is -2.40. The van der Waals surface area contributed by atoms with Gasteiger partial charge in [-0.05, 0) is 80.6 Å². The molecule has 1 saturated heterocycles. The molecule has 4 rings (SSSR count). The molecule has 1 amide bonds. The van der Waals surface area contributed by atoms with E-state index in [1.807, 2.05) is 43.9 Å². The third kappa shape index (κ3) is 6.96. The molecule has 0 bridgehead atoms. The molecule has 0 N–H and O–H groups in total. The lowest BCUT2D eigenvalue weighted by Crippen LogP contribution is -2.48. The van der Waals surface area contributed by atoms with Gasteiger partial charge in [-0.15, -0.1) is 0 Å². The van der Waals surface area contributed by atoms with E-state index in [2.05, 4.69) is 53.4 Å². The summed E-state index contributed by atoms with van der Waals surface area (Å²) in [6.07, 6.45) is 1.52. The van der Waals surface area contributed by atoms with Crippen LogP contribution in [0.2, 0.25) is 0 Å². The maximum absolute atomic E-state index is 12.6. The molecule has 7 nitrogen and oxygen atoms in total. The maximum Gasteiger partial charge on any atom is 0.410 e. The fourth-order valence-electron chi connectivity index (χ4n) is 5.03. The largest absolute Gasteiger partial charge is 0.493 e. The standard InChI is InChI=1S/C32H40N2O5/c1-32(2,3)39-31(35)33-17-15-27(16-18-33)34(26-13-8-7-9-14-26)22-23-11-10-12-24(19-23)25-20-28(36-4)30(38-6)29(21-25)37-5/h7-14,19-21,27H,15-18,22H2,1-6H3. The number of hydrogen-bond acceptors (Lipinski definition) is 6. The normalized spacial score (nSPS) is 14.1. The summed E-state index contributed by atoms with van der Waals surface area (Å²) in [4.78, 5) is 16.9. The number of likely N-dealkylation sites (tertiary alicyclic amines) is 1. The van der Waals surface area contributed by atoms with E-state index in [0.717, 1.165) is 30.5 Å². The van der Waals surface area contributed by atoms with E-state index in [-0.39, 0.29) is 6.09 Å². The second kappa shape index (κ2) is 12.3. The van der Waals surface area contributed by atoms with E-state index in [9.17, 15) is 4.79 Å². The molecule has 0 saturated carbocycles. The van der Waals surface area contributed by atoms with Gasteiger partial charge >= 0.3 is 6.09 Å². The Morgan fingerprint density at radius 2 is 1.49 bits per heavy atom. The van der Waals surface area contributed by atoms with E-state index >= 15 is 0 Å². The molecule has 1 aliphatic heterocycles. The van der Waals surface area contributed by atoms with Gasteiger partial charge < -0.3 is 28.7 Å². The van der Waals surface area contributed by atoms with Crippen molar-refractivity contribution in [3.63, 3.8) is 0 Å². The summed E-state index contributed by atoms with van der Waals surface area (Å²) >= 11 is 0. The summed E-state index contributed by atoms with van der Waals surface area (Å²) in [7, 11) is 4.86. The third-order valence-corrected chi connectivity index (χ3v) is 6.92. The molecule has 0 aliphatic carbocycles. The number of amides is 1. The van der Waals surface area contributed by atoms with Crippen LogP contribution in [0, 0.1) is 0 Å². The third-order valence-electron chi connectivity index (χ3n) is 6.92. The predicted octanol–water partition coefficient (Wildman–Crippen LogP) is 6.79. The summed E-state index contributed by atoms with van der Waals surface area (Å²) < 4.78 is 22.3. The van der Waals surface area contributed by atoms with Crippen molar-refractivity contribution >= 4 is 11.8 Å². The van der Waals surface area contributed by atoms with Gasteiger partial charge in [0.1, 0.15) is 5.60 Å². The Morgan fingerprint density at radius 1 is 0.846 bits per heavy atom. The summed E-state index contributed by atoms with van der Waals surface area (Å²) in [6.45, 7) is 7.81. The van der Waals surface area contributed by atoms with Crippen LogP contribution < -0.4 is 19.1 Å². The van der Waals surface area contributed by atoms with Crippen LogP contribution in [0.5, 0.6) is 17.2 Å². The van der Waals surface area contributed by atoms with Gasteiger partial charge in [0.25, 0.3) is 0 Å². The zero-order chi connectivity index (χ0) is 28.0. The predicted molar refractivity (Wildman–Crippen MR) is 155 cm³/mol. The van der Waals surface area contributed by atoms with Crippen LogP contribution in [-0.4, -0.2) is 57.1 Å². The van der Waals surface area contributed by atoms with E-state index in [1.165, 1.54) is 11.3 Å².